The van der Waals surface area contributed by atoms with Crippen molar-refractivity contribution in [3.05, 3.63) is 77.6 Å². The van der Waals surface area contributed by atoms with Gasteiger partial charge in [-0.3, -0.25) is 5.10 Å². The lowest BCUT2D eigenvalue weighted by atomic mass is 9.91. The Kier molecular flexibility index (Phi) is 5.02. The minimum absolute atomic E-state index is 0.175. The van der Waals surface area contributed by atoms with Crippen LogP contribution in [0.3, 0.4) is 0 Å². The fraction of sp³-hybridized carbons (Fsp3) is 0.269. The zero-order valence-electron chi connectivity index (χ0n) is 19.7. The molecule has 5 heterocycles. The number of nitrogens with two attached hydrogens (primary N) is 1. The van der Waals surface area contributed by atoms with Crippen molar-refractivity contribution in [3.63, 3.8) is 0 Å². The van der Waals surface area contributed by atoms with Crippen LogP contribution in [0.5, 0.6) is 0 Å². The van der Waals surface area contributed by atoms with Gasteiger partial charge in [-0.05, 0) is 42.0 Å². The second kappa shape index (κ2) is 8.32. The first-order chi connectivity index (χ1) is 18.1. The van der Waals surface area contributed by atoms with E-state index in [0.717, 1.165) is 30.9 Å². The molecule has 0 radical (unpaired) electrons. The summed E-state index contributed by atoms with van der Waals surface area (Å²) in [6.45, 7) is 1.99. The Hall–Kier alpha value is -3.89. The van der Waals surface area contributed by atoms with E-state index in [4.69, 9.17) is 27.3 Å². The quantitative estimate of drug-likeness (QED) is 0.366. The first kappa shape index (κ1) is 22.3. The van der Waals surface area contributed by atoms with Crippen molar-refractivity contribution in [2.45, 2.75) is 11.8 Å². The predicted molar refractivity (Wildman–Crippen MR) is 138 cm³/mol. The molecule has 4 aromatic heterocycles. The molecule has 3 N–H and O–H groups in total. The number of aromatic amines is 1. The molecular weight excluding hydrogens is 493 g/mol. The van der Waals surface area contributed by atoms with Gasteiger partial charge in [-0.2, -0.15) is 10.2 Å². The number of H-pyrrole nitrogens is 1. The van der Waals surface area contributed by atoms with Crippen LogP contribution in [0.25, 0.3) is 28.2 Å². The molecule has 0 bridgehead atoms. The van der Waals surface area contributed by atoms with Gasteiger partial charge in [0.25, 0.3) is 0 Å². The van der Waals surface area contributed by atoms with Crippen LogP contribution in [-0.2, 0) is 5.41 Å². The van der Waals surface area contributed by atoms with Crippen molar-refractivity contribution in [2.75, 3.05) is 24.5 Å². The number of aromatic nitrogens is 7. The third kappa shape index (κ3) is 3.29. The van der Waals surface area contributed by atoms with Gasteiger partial charge in [-0.25, -0.2) is 24.0 Å². The van der Waals surface area contributed by atoms with E-state index in [1.54, 1.807) is 47.7 Å². The first-order valence-corrected chi connectivity index (χ1v) is 12.6. The van der Waals surface area contributed by atoms with Gasteiger partial charge < -0.3 is 10.6 Å². The summed E-state index contributed by atoms with van der Waals surface area (Å²) in [4.78, 5) is 16.1. The summed E-state index contributed by atoms with van der Waals surface area (Å²) in [5.74, 6) is 1.74. The second-order valence-electron chi connectivity index (χ2n) is 9.62. The number of anilines is 1. The highest BCUT2D eigenvalue weighted by Crippen LogP contribution is 2.63. The summed E-state index contributed by atoms with van der Waals surface area (Å²) in [5, 5.41) is 12.1. The standard InChI is InChI=1S/C26H23ClFN9/c27-21-15(6-9-30-25(21)37-10-3-8-32-37)22-23-24(35-34-22)33-20(12-31-23)36-11-7-16-18(13-36)26(16,14-29)17-4-1-2-5-19(17)28/h1-6,8-10,12,16,18H,7,11,13-14,29H2,(H,33,34,35)/t16-,18+,26-/m1/s1. The van der Waals surface area contributed by atoms with Crippen LogP contribution in [0.2, 0.25) is 5.02 Å². The van der Waals surface area contributed by atoms with E-state index < -0.39 is 0 Å². The van der Waals surface area contributed by atoms with E-state index in [0.29, 0.717) is 45.7 Å². The van der Waals surface area contributed by atoms with Crippen LogP contribution in [0.15, 0.2) is 61.2 Å². The third-order valence-electron chi connectivity index (χ3n) is 7.97. The zero-order chi connectivity index (χ0) is 25.1. The number of hydrogen-bond acceptors (Lipinski definition) is 7. The summed E-state index contributed by atoms with van der Waals surface area (Å²) in [5.41, 5.74) is 9.14. The summed E-state index contributed by atoms with van der Waals surface area (Å²) in [6.07, 6.45) is 7.80. The summed E-state index contributed by atoms with van der Waals surface area (Å²) < 4.78 is 16.3. The minimum Gasteiger partial charge on any atom is -0.355 e. The highest BCUT2D eigenvalue weighted by atomic mass is 35.5. The van der Waals surface area contributed by atoms with Crippen molar-refractivity contribution in [1.29, 1.82) is 0 Å². The molecule has 9 nitrogen and oxygen atoms in total. The molecule has 1 saturated carbocycles. The van der Waals surface area contributed by atoms with Crippen LogP contribution in [-0.4, -0.2) is 54.6 Å². The van der Waals surface area contributed by atoms with Crippen LogP contribution in [0.1, 0.15) is 12.0 Å². The van der Waals surface area contributed by atoms with E-state index in [9.17, 15) is 4.39 Å². The van der Waals surface area contributed by atoms with Crippen molar-refractivity contribution in [1.82, 2.24) is 34.9 Å². The lowest BCUT2D eigenvalue weighted by Crippen LogP contribution is -2.32. The Bertz CT molecular complexity index is 1620. The van der Waals surface area contributed by atoms with E-state index >= 15 is 0 Å². The highest BCUT2D eigenvalue weighted by Gasteiger charge is 2.66. The lowest BCUT2D eigenvalue weighted by molar-refractivity contribution is 0.533. The lowest BCUT2D eigenvalue weighted by Gasteiger charge is -2.26. The smallest absolute Gasteiger partial charge is 0.177 e. The normalized spacial score (nSPS) is 22.8. The molecular formula is C26H23ClFN9. The Morgan fingerprint density at radius 1 is 1.14 bits per heavy atom. The number of pyridine rings is 1. The molecule has 7 rings (SSSR count). The van der Waals surface area contributed by atoms with E-state index in [1.807, 2.05) is 12.1 Å². The van der Waals surface area contributed by atoms with Crippen molar-refractivity contribution < 1.29 is 4.39 Å². The van der Waals surface area contributed by atoms with E-state index in [2.05, 4.69) is 25.2 Å². The van der Waals surface area contributed by atoms with Crippen LogP contribution in [0, 0.1) is 17.7 Å². The van der Waals surface area contributed by atoms with Crippen LogP contribution >= 0.6 is 11.6 Å². The Labute approximate surface area is 216 Å². The molecule has 11 heteroatoms. The van der Waals surface area contributed by atoms with Crippen molar-refractivity contribution >= 4 is 28.6 Å². The molecule has 186 valence electrons. The average molecular weight is 516 g/mol. The summed E-state index contributed by atoms with van der Waals surface area (Å²) in [7, 11) is 0. The van der Waals surface area contributed by atoms with Crippen molar-refractivity contribution in [2.24, 2.45) is 17.6 Å². The molecule has 2 fully saturated rings. The van der Waals surface area contributed by atoms with Gasteiger partial charge in [-0.1, -0.05) is 29.8 Å². The molecule has 2 aliphatic rings. The highest BCUT2D eigenvalue weighted by molar-refractivity contribution is 6.35. The largest absolute Gasteiger partial charge is 0.355 e. The van der Waals surface area contributed by atoms with Gasteiger partial charge in [-0.15, -0.1) is 0 Å². The number of nitrogens with one attached hydrogen (secondary N) is 1. The molecule has 0 unspecified atom stereocenters. The summed E-state index contributed by atoms with van der Waals surface area (Å²) >= 11 is 6.70. The maximum atomic E-state index is 14.7. The van der Waals surface area contributed by atoms with E-state index in [-0.39, 0.29) is 17.2 Å². The van der Waals surface area contributed by atoms with E-state index in [1.165, 1.54) is 6.07 Å². The average Bonchev–Trinajstić information content (AvgIpc) is 3.26. The minimum atomic E-state index is -0.316. The Morgan fingerprint density at radius 2 is 2.03 bits per heavy atom. The SMILES string of the molecule is NC[C@]1(c2ccccc2F)[C@@H]2CCN(c3cnc4c(-c5ccnc(-n6cccn6)c5Cl)n[nH]c4n3)C[C@@H]21. The molecule has 3 atom stereocenters. The number of hydrogen-bond donors (Lipinski definition) is 2. The Morgan fingerprint density at radius 3 is 2.84 bits per heavy atom. The molecule has 0 amide bonds. The first-order valence-electron chi connectivity index (χ1n) is 12.2. The molecule has 1 saturated heterocycles. The number of nitrogens with zero attached hydrogens (tertiary/aromatic N) is 7. The molecule has 1 aliphatic carbocycles. The second-order valence-corrected chi connectivity index (χ2v) is 9.99. The van der Waals surface area contributed by atoms with Gasteiger partial charge in [0.05, 0.1) is 11.2 Å². The molecule has 0 spiro atoms. The topological polar surface area (TPSA) is 114 Å². The van der Waals surface area contributed by atoms with Crippen molar-refractivity contribution in [3.8, 4) is 17.1 Å². The number of rotatable bonds is 5. The fourth-order valence-corrected chi connectivity index (χ4v) is 6.43. The van der Waals surface area contributed by atoms with Gasteiger partial charge in [0.2, 0.25) is 0 Å². The Balaban J connectivity index is 1.19. The van der Waals surface area contributed by atoms with Crippen LogP contribution < -0.4 is 10.6 Å². The third-order valence-corrected chi connectivity index (χ3v) is 8.34. The van der Waals surface area contributed by atoms with Gasteiger partial charge in [0.1, 0.15) is 22.8 Å². The van der Waals surface area contributed by atoms with Gasteiger partial charge in [0, 0.05) is 49.2 Å². The maximum absolute atomic E-state index is 14.7. The molecule has 5 aromatic rings. The number of halogens is 2. The maximum Gasteiger partial charge on any atom is 0.177 e. The number of piperidine rings is 1. The predicted octanol–water partition coefficient (Wildman–Crippen LogP) is 3.75. The summed E-state index contributed by atoms with van der Waals surface area (Å²) in [6, 6.07) is 10.6. The molecule has 1 aromatic carbocycles. The number of benzene rings is 1. The zero-order valence-corrected chi connectivity index (χ0v) is 20.5. The molecule has 37 heavy (non-hydrogen) atoms. The number of fused-ring (bicyclic) bond motifs is 2. The molecule has 1 aliphatic heterocycles. The fourth-order valence-electron chi connectivity index (χ4n) is 6.14. The monoisotopic (exact) mass is 515 g/mol. The van der Waals surface area contributed by atoms with Crippen LogP contribution in [0.4, 0.5) is 10.2 Å². The van der Waals surface area contributed by atoms with Gasteiger partial charge >= 0.3 is 0 Å². The van der Waals surface area contributed by atoms with Gasteiger partial charge in [0.15, 0.2) is 11.5 Å².